The smallest absolute Gasteiger partial charge is 0.408 e. The molecule has 0 aromatic heterocycles. The minimum absolute atomic E-state index is 0.221. The lowest BCUT2D eigenvalue weighted by Crippen LogP contribution is -2.47. The Balaban J connectivity index is 3.05. The number of carbonyl (C=O) groups is 2. The third kappa shape index (κ3) is 5.22. The first-order valence-corrected chi connectivity index (χ1v) is 6.66. The van der Waals surface area contributed by atoms with Crippen molar-refractivity contribution >= 4 is 17.7 Å². The van der Waals surface area contributed by atoms with E-state index in [4.69, 9.17) is 4.74 Å². The maximum absolute atomic E-state index is 11.7. The van der Waals surface area contributed by atoms with Gasteiger partial charge < -0.3 is 20.3 Å². The van der Waals surface area contributed by atoms with E-state index in [9.17, 15) is 29.9 Å². The summed E-state index contributed by atoms with van der Waals surface area (Å²) in [6.45, 7) is 4.75. The Bertz CT molecular complexity index is 609. The molecule has 23 heavy (non-hydrogen) atoms. The van der Waals surface area contributed by atoms with E-state index in [-0.39, 0.29) is 5.56 Å². The molecular formula is C14H18N2O7. The molecular weight excluding hydrogens is 308 g/mol. The summed E-state index contributed by atoms with van der Waals surface area (Å²) in [6, 6.07) is 3.34. The maximum atomic E-state index is 11.7. The van der Waals surface area contributed by atoms with Crippen LogP contribution in [0.4, 0.5) is 10.5 Å². The Morgan fingerprint density at radius 3 is 2.35 bits per heavy atom. The molecule has 9 nitrogen and oxygen atoms in total. The van der Waals surface area contributed by atoms with Crippen LogP contribution in [-0.2, 0) is 9.53 Å². The molecule has 1 amide bonds. The van der Waals surface area contributed by atoms with E-state index in [1.165, 1.54) is 18.2 Å². The van der Waals surface area contributed by atoms with Crippen LogP contribution in [0.5, 0.6) is 0 Å². The van der Waals surface area contributed by atoms with Crippen molar-refractivity contribution in [1.29, 1.82) is 0 Å². The van der Waals surface area contributed by atoms with E-state index in [1.54, 1.807) is 20.8 Å². The Morgan fingerprint density at radius 1 is 1.30 bits per heavy atom. The topological polar surface area (TPSA) is 139 Å². The SMILES string of the molecule is CC(C)(C)OC(=O)N[C@H](C(=O)O)[C@H](O)c1ccccc1[N+](=O)[O-]. The third-order valence-electron chi connectivity index (χ3n) is 2.71. The van der Waals surface area contributed by atoms with Crippen molar-refractivity contribution in [2.24, 2.45) is 0 Å². The summed E-state index contributed by atoms with van der Waals surface area (Å²) in [5.74, 6) is -1.55. The van der Waals surface area contributed by atoms with Crippen molar-refractivity contribution in [3.8, 4) is 0 Å². The van der Waals surface area contributed by atoms with Gasteiger partial charge in [0.1, 0.15) is 11.7 Å². The fourth-order valence-corrected chi connectivity index (χ4v) is 1.79. The van der Waals surface area contributed by atoms with Gasteiger partial charge in [0.2, 0.25) is 0 Å². The monoisotopic (exact) mass is 326 g/mol. The number of nitro benzene ring substituents is 1. The fraction of sp³-hybridized carbons (Fsp3) is 0.429. The number of aliphatic hydroxyl groups is 1. The number of carboxylic acid groups (broad SMARTS) is 1. The van der Waals surface area contributed by atoms with Gasteiger partial charge in [-0.3, -0.25) is 10.1 Å². The number of nitro groups is 1. The fourth-order valence-electron chi connectivity index (χ4n) is 1.79. The standard InChI is InChI=1S/C14H18N2O7/c1-14(2,3)23-13(20)15-10(12(18)19)11(17)8-6-4-5-7-9(8)16(21)22/h4-7,10-11,17H,1-3H3,(H,15,20)(H,18,19)/t10-,11+/m0/s1. The zero-order valence-electron chi connectivity index (χ0n) is 12.8. The summed E-state index contributed by atoms with van der Waals surface area (Å²) >= 11 is 0. The van der Waals surface area contributed by atoms with Gasteiger partial charge in [0.05, 0.1) is 10.5 Å². The van der Waals surface area contributed by atoms with Crippen LogP contribution in [0.25, 0.3) is 0 Å². The Morgan fingerprint density at radius 2 is 1.87 bits per heavy atom. The number of rotatable bonds is 5. The minimum atomic E-state index is -1.82. The average molecular weight is 326 g/mol. The van der Waals surface area contributed by atoms with E-state index in [2.05, 4.69) is 0 Å². The Labute approximate surface area is 132 Å². The van der Waals surface area contributed by atoms with Crippen LogP contribution in [0.3, 0.4) is 0 Å². The molecule has 1 aromatic rings. The molecule has 0 aliphatic carbocycles. The molecule has 0 bridgehead atoms. The molecule has 0 saturated carbocycles. The summed E-state index contributed by atoms with van der Waals surface area (Å²) < 4.78 is 4.92. The Kier molecular flexibility index (Phi) is 5.63. The number of benzene rings is 1. The molecule has 0 aliphatic heterocycles. The largest absolute Gasteiger partial charge is 0.480 e. The number of nitrogens with one attached hydrogen (secondary N) is 1. The number of para-hydroxylation sites is 1. The van der Waals surface area contributed by atoms with E-state index < -0.39 is 40.4 Å². The van der Waals surface area contributed by atoms with Crippen molar-refractivity contribution < 1.29 is 29.5 Å². The average Bonchev–Trinajstić information content (AvgIpc) is 2.41. The summed E-state index contributed by atoms with van der Waals surface area (Å²) in [6.07, 6.45) is -2.87. The Hall–Kier alpha value is -2.68. The molecule has 0 unspecified atom stereocenters. The number of aliphatic hydroxyl groups excluding tert-OH is 1. The molecule has 0 radical (unpaired) electrons. The number of amides is 1. The molecule has 0 heterocycles. The van der Waals surface area contributed by atoms with Gasteiger partial charge in [-0.05, 0) is 26.8 Å². The second kappa shape index (κ2) is 7.05. The van der Waals surface area contributed by atoms with E-state index >= 15 is 0 Å². The van der Waals surface area contributed by atoms with Crippen molar-refractivity contribution in [3.63, 3.8) is 0 Å². The van der Waals surface area contributed by atoms with Crippen molar-refractivity contribution in [2.75, 3.05) is 0 Å². The quantitative estimate of drug-likeness (QED) is 0.551. The van der Waals surface area contributed by atoms with Crippen LogP contribution in [0, 0.1) is 10.1 Å². The second-order valence-corrected chi connectivity index (χ2v) is 5.72. The minimum Gasteiger partial charge on any atom is -0.480 e. The van der Waals surface area contributed by atoms with Crippen LogP contribution in [0.2, 0.25) is 0 Å². The van der Waals surface area contributed by atoms with Gasteiger partial charge in [-0.25, -0.2) is 9.59 Å². The molecule has 1 aromatic carbocycles. The highest BCUT2D eigenvalue weighted by Crippen LogP contribution is 2.27. The maximum Gasteiger partial charge on any atom is 0.408 e. The van der Waals surface area contributed by atoms with Gasteiger partial charge in [-0.1, -0.05) is 12.1 Å². The lowest BCUT2D eigenvalue weighted by Gasteiger charge is -2.24. The van der Waals surface area contributed by atoms with Crippen LogP contribution in [-0.4, -0.2) is 38.8 Å². The molecule has 2 atom stereocenters. The molecule has 0 fully saturated rings. The zero-order chi connectivity index (χ0) is 17.8. The van der Waals surface area contributed by atoms with Crippen LogP contribution in [0.1, 0.15) is 32.4 Å². The van der Waals surface area contributed by atoms with Crippen LogP contribution < -0.4 is 5.32 Å². The first-order chi connectivity index (χ1) is 10.5. The number of aliphatic carboxylic acids is 1. The molecule has 0 saturated heterocycles. The molecule has 3 N–H and O–H groups in total. The van der Waals surface area contributed by atoms with Gasteiger partial charge in [-0.15, -0.1) is 0 Å². The number of nitrogens with zero attached hydrogens (tertiary/aromatic N) is 1. The predicted molar refractivity (Wildman–Crippen MR) is 78.8 cm³/mol. The zero-order valence-corrected chi connectivity index (χ0v) is 12.8. The number of carboxylic acids is 1. The first-order valence-electron chi connectivity index (χ1n) is 6.66. The highest BCUT2D eigenvalue weighted by molar-refractivity contribution is 5.81. The van der Waals surface area contributed by atoms with Crippen molar-refractivity contribution in [2.45, 2.75) is 38.5 Å². The molecule has 9 heteroatoms. The van der Waals surface area contributed by atoms with E-state index in [0.717, 1.165) is 6.07 Å². The highest BCUT2D eigenvalue weighted by Gasteiger charge is 2.34. The second-order valence-electron chi connectivity index (χ2n) is 5.72. The lowest BCUT2D eigenvalue weighted by molar-refractivity contribution is -0.386. The van der Waals surface area contributed by atoms with Gasteiger partial charge in [0.25, 0.3) is 5.69 Å². The molecule has 0 aliphatic rings. The number of carbonyl (C=O) groups excluding carboxylic acids is 1. The summed E-state index contributed by atoms with van der Waals surface area (Å²) in [5, 5.41) is 32.3. The molecule has 1 rings (SSSR count). The van der Waals surface area contributed by atoms with Gasteiger partial charge >= 0.3 is 12.1 Å². The predicted octanol–water partition coefficient (Wildman–Crippen LogP) is 1.61. The van der Waals surface area contributed by atoms with Crippen molar-refractivity contribution in [1.82, 2.24) is 5.32 Å². The van der Waals surface area contributed by atoms with Gasteiger partial charge in [0, 0.05) is 6.07 Å². The highest BCUT2D eigenvalue weighted by atomic mass is 16.6. The van der Waals surface area contributed by atoms with Gasteiger partial charge in [0.15, 0.2) is 6.04 Å². The van der Waals surface area contributed by atoms with Crippen LogP contribution >= 0.6 is 0 Å². The summed E-state index contributed by atoms with van der Waals surface area (Å²) in [7, 11) is 0. The number of hydrogen-bond donors (Lipinski definition) is 3. The number of ether oxygens (including phenoxy) is 1. The van der Waals surface area contributed by atoms with E-state index in [1.807, 2.05) is 5.32 Å². The van der Waals surface area contributed by atoms with Crippen LogP contribution in [0.15, 0.2) is 24.3 Å². The third-order valence-corrected chi connectivity index (χ3v) is 2.71. The normalized spacial score (nSPS) is 13.7. The number of alkyl carbamates (subject to hydrolysis) is 1. The van der Waals surface area contributed by atoms with Crippen molar-refractivity contribution in [3.05, 3.63) is 39.9 Å². The first kappa shape index (κ1) is 18.4. The number of hydrogen-bond acceptors (Lipinski definition) is 6. The lowest BCUT2D eigenvalue weighted by atomic mass is 10.0. The summed E-state index contributed by atoms with van der Waals surface area (Å²) in [4.78, 5) is 33.2. The summed E-state index contributed by atoms with van der Waals surface area (Å²) in [5.41, 5.74) is -1.53. The van der Waals surface area contributed by atoms with Gasteiger partial charge in [-0.2, -0.15) is 0 Å². The van der Waals surface area contributed by atoms with E-state index in [0.29, 0.717) is 0 Å². The molecule has 126 valence electrons. The molecule has 0 spiro atoms.